The van der Waals surface area contributed by atoms with Crippen molar-refractivity contribution < 1.29 is 4.79 Å². The van der Waals surface area contributed by atoms with Crippen molar-refractivity contribution in [2.24, 2.45) is 0 Å². The van der Waals surface area contributed by atoms with Gasteiger partial charge < -0.3 is 5.32 Å². The van der Waals surface area contributed by atoms with E-state index in [2.05, 4.69) is 16.9 Å². The Bertz CT molecular complexity index is 352. The first-order valence-electron chi connectivity index (χ1n) is 3.36. The lowest BCUT2D eigenvalue weighted by Gasteiger charge is -2.03. The first-order chi connectivity index (χ1) is 6.11. The maximum absolute atomic E-state index is 11.0. The summed E-state index contributed by atoms with van der Waals surface area (Å²) in [6, 6.07) is 1.56. The third kappa shape index (κ3) is 2.72. The van der Waals surface area contributed by atoms with E-state index in [-0.39, 0.29) is 5.03 Å². The van der Waals surface area contributed by atoms with E-state index in [4.69, 9.17) is 23.2 Å². The number of rotatable bonds is 2. The van der Waals surface area contributed by atoms with E-state index in [1.165, 1.54) is 12.4 Å². The van der Waals surface area contributed by atoms with Gasteiger partial charge in [0.15, 0.2) is 0 Å². The van der Waals surface area contributed by atoms with Crippen molar-refractivity contribution >= 4 is 34.8 Å². The molecule has 13 heavy (non-hydrogen) atoms. The van der Waals surface area contributed by atoms with Crippen molar-refractivity contribution in [1.29, 1.82) is 0 Å². The van der Waals surface area contributed by atoms with Gasteiger partial charge in [0.25, 0.3) is 5.91 Å². The van der Waals surface area contributed by atoms with Gasteiger partial charge in [-0.3, -0.25) is 9.78 Å². The number of nitrogens with zero attached hydrogens (tertiary/aromatic N) is 1. The molecule has 1 aromatic heterocycles. The molecule has 1 rings (SSSR count). The molecule has 0 unspecified atom stereocenters. The molecular formula is C8H6Cl2N2O. The molecule has 0 fully saturated rings. The van der Waals surface area contributed by atoms with Crippen LogP contribution in [0.2, 0.25) is 5.02 Å². The van der Waals surface area contributed by atoms with Gasteiger partial charge >= 0.3 is 0 Å². The van der Waals surface area contributed by atoms with Crippen LogP contribution < -0.4 is 5.32 Å². The Morgan fingerprint density at radius 3 is 2.85 bits per heavy atom. The molecule has 0 saturated carbocycles. The van der Waals surface area contributed by atoms with E-state index in [9.17, 15) is 4.79 Å². The van der Waals surface area contributed by atoms with Gasteiger partial charge in [0.1, 0.15) is 0 Å². The van der Waals surface area contributed by atoms with Crippen LogP contribution in [0.1, 0.15) is 0 Å². The monoisotopic (exact) mass is 216 g/mol. The fourth-order valence-corrected chi connectivity index (χ4v) is 0.859. The van der Waals surface area contributed by atoms with Crippen LogP contribution in [0.25, 0.3) is 0 Å². The first-order valence-corrected chi connectivity index (χ1v) is 4.12. The van der Waals surface area contributed by atoms with Gasteiger partial charge in [0.2, 0.25) is 0 Å². The second kappa shape index (κ2) is 4.25. The Labute approximate surface area is 85.4 Å². The molecule has 0 atom stereocenters. The Hall–Kier alpha value is -1.06. The average molecular weight is 217 g/mol. The van der Waals surface area contributed by atoms with Crippen LogP contribution in [-0.2, 0) is 4.79 Å². The molecule has 0 bridgehead atoms. The van der Waals surface area contributed by atoms with Crippen LogP contribution >= 0.6 is 23.2 Å². The number of hydrogen-bond acceptors (Lipinski definition) is 2. The zero-order chi connectivity index (χ0) is 9.84. The highest BCUT2D eigenvalue weighted by molar-refractivity contribution is 6.44. The number of halogens is 2. The molecule has 1 aromatic rings. The second-order valence-electron chi connectivity index (χ2n) is 2.21. The molecule has 0 aliphatic rings. The summed E-state index contributed by atoms with van der Waals surface area (Å²) in [5.74, 6) is -0.489. The van der Waals surface area contributed by atoms with Crippen molar-refractivity contribution in [3.8, 4) is 0 Å². The zero-order valence-electron chi connectivity index (χ0n) is 6.55. The number of hydrogen-bond donors (Lipinski definition) is 1. The fraction of sp³-hybridized carbons (Fsp3) is 0. The minimum absolute atomic E-state index is 0.0973. The summed E-state index contributed by atoms with van der Waals surface area (Å²) in [6.07, 6.45) is 2.95. The second-order valence-corrected chi connectivity index (χ2v) is 3.08. The molecule has 0 aliphatic carbocycles. The highest BCUT2D eigenvalue weighted by atomic mass is 35.5. The number of anilines is 1. The largest absolute Gasteiger partial charge is 0.319 e. The minimum atomic E-state index is -0.489. The fourth-order valence-electron chi connectivity index (χ4n) is 0.660. The quantitative estimate of drug-likeness (QED) is 0.773. The molecule has 0 spiro atoms. The molecule has 0 radical (unpaired) electrons. The maximum Gasteiger partial charge on any atom is 0.266 e. The van der Waals surface area contributed by atoms with E-state index in [1.54, 1.807) is 6.07 Å². The molecule has 1 N–H and O–H groups in total. The van der Waals surface area contributed by atoms with Crippen LogP contribution in [0, 0.1) is 0 Å². The Morgan fingerprint density at radius 1 is 1.62 bits per heavy atom. The SMILES string of the molecule is C=C(Cl)C(=O)Nc1cnccc1Cl. The predicted molar refractivity (Wildman–Crippen MR) is 52.9 cm³/mol. The van der Waals surface area contributed by atoms with Gasteiger partial charge in [0, 0.05) is 6.20 Å². The maximum atomic E-state index is 11.0. The van der Waals surface area contributed by atoms with Crippen LogP contribution in [-0.4, -0.2) is 10.9 Å². The van der Waals surface area contributed by atoms with E-state index in [0.717, 1.165) is 0 Å². The van der Waals surface area contributed by atoms with Gasteiger partial charge in [-0.15, -0.1) is 0 Å². The summed E-state index contributed by atoms with van der Waals surface area (Å²) in [5.41, 5.74) is 0.413. The van der Waals surface area contributed by atoms with Crippen LogP contribution in [0.4, 0.5) is 5.69 Å². The topological polar surface area (TPSA) is 42.0 Å². The normalized spacial score (nSPS) is 9.38. The molecule has 0 aromatic carbocycles. The van der Waals surface area contributed by atoms with Gasteiger partial charge in [-0.2, -0.15) is 0 Å². The van der Waals surface area contributed by atoms with Crippen LogP contribution in [0.15, 0.2) is 30.1 Å². The zero-order valence-corrected chi connectivity index (χ0v) is 8.06. The van der Waals surface area contributed by atoms with E-state index < -0.39 is 5.91 Å². The van der Waals surface area contributed by atoms with Crippen molar-refractivity contribution in [3.05, 3.63) is 35.1 Å². The van der Waals surface area contributed by atoms with Gasteiger partial charge in [-0.1, -0.05) is 29.8 Å². The summed E-state index contributed by atoms with van der Waals surface area (Å²) < 4.78 is 0. The molecule has 1 heterocycles. The molecular weight excluding hydrogens is 211 g/mol. The Morgan fingerprint density at radius 2 is 2.31 bits per heavy atom. The van der Waals surface area contributed by atoms with Crippen LogP contribution in [0.3, 0.4) is 0 Å². The minimum Gasteiger partial charge on any atom is -0.319 e. The van der Waals surface area contributed by atoms with Crippen molar-refractivity contribution in [2.45, 2.75) is 0 Å². The van der Waals surface area contributed by atoms with E-state index in [1.807, 2.05) is 0 Å². The molecule has 3 nitrogen and oxygen atoms in total. The molecule has 5 heteroatoms. The number of pyridine rings is 1. The van der Waals surface area contributed by atoms with Crippen molar-refractivity contribution in [1.82, 2.24) is 4.98 Å². The van der Waals surface area contributed by atoms with Gasteiger partial charge in [-0.25, -0.2) is 0 Å². The first kappa shape index (κ1) is 10.0. The lowest BCUT2D eigenvalue weighted by Crippen LogP contribution is -2.11. The number of carbonyl (C=O) groups is 1. The van der Waals surface area contributed by atoms with Crippen molar-refractivity contribution in [3.63, 3.8) is 0 Å². The Kier molecular flexibility index (Phi) is 3.28. The summed E-state index contributed by atoms with van der Waals surface area (Å²) in [7, 11) is 0. The lowest BCUT2D eigenvalue weighted by atomic mass is 10.4. The lowest BCUT2D eigenvalue weighted by molar-refractivity contribution is -0.112. The standard InChI is InChI=1S/C8H6Cl2N2O/c1-5(9)8(13)12-7-4-11-3-2-6(7)10/h2-4H,1H2,(H,12,13). The number of aromatic nitrogens is 1. The van der Waals surface area contributed by atoms with Gasteiger partial charge in [0.05, 0.1) is 21.9 Å². The van der Waals surface area contributed by atoms with Crippen molar-refractivity contribution in [2.75, 3.05) is 5.32 Å². The van der Waals surface area contributed by atoms with E-state index >= 15 is 0 Å². The average Bonchev–Trinajstić information content (AvgIpc) is 2.08. The molecule has 1 amide bonds. The van der Waals surface area contributed by atoms with Crippen LogP contribution in [0.5, 0.6) is 0 Å². The Balaban J connectivity index is 2.81. The third-order valence-corrected chi connectivity index (χ3v) is 1.76. The predicted octanol–water partition coefficient (Wildman–Crippen LogP) is 2.43. The summed E-state index contributed by atoms with van der Waals surface area (Å²) >= 11 is 11.1. The van der Waals surface area contributed by atoms with Gasteiger partial charge in [-0.05, 0) is 6.07 Å². The summed E-state index contributed by atoms with van der Waals surface area (Å²) in [5, 5.41) is 2.75. The number of nitrogens with one attached hydrogen (secondary N) is 1. The van der Waals surface area contributed by atoms with E-state index in [0.29, 0.717) is 10.7 Å². The summed E-state index contributed by atoms with van der Waals surface area (Å²) in [6.45, 7) is 3.27. The molecule has 0 aliphatic heterocycles. The highest BCUT2D eigenvalue weighted by Crippen LogP contribution is 2.19. The molecule has 68 valence electrons. The number of amides is 1. The highest BCUT2D eigenvalue weighted by Gasteiger charge is 2.06. The third-order valence-electron chi connectivity index (χ3n) is 1.26. The number of carbonyl (C=O) groups excluding carboxylic acids is 1. The smallest absolute Gasteiger partial charge is 0.266 e. The summed E-state index contributed by atoms with van der Waals surface area (Å²) in [4.78, 5) is 14.8. The molecule has 0 saturated heterocycles.